The first-order chi connectivity index (χ1) is 2.00. The molecule has 0 spiro atoms. The third-order valence-electron chi connectivity index (χ3n) is 0. The molecule has 0 heterocycles. The summed E-state index contributed by atoms with van der Waals surface area (Å²) in [5.74, 6) is 0. The summed E-state index contributed by atoms with van der Waals surface area (Å²) >= 11 is -7.18. The summed E-state index contributed by atoms with van der Waals surface area (Å²) in [4.78, 5) is 0. The van der Waals surface area contributed by atoms with Crippen LogP contribution in [-0.4, -0.2) is 48.0 Å². The predicted molar refractivity (Wildman–Crippen MR) is 28.3 cm³/mol. The summed E-state index contributed by atoms with van der Waals surface area (Å²) in [6.07, 6.45) is 0. The van der Waals surface area contributed by atoms with E-state index in [9.17, 15) is 11.5 Å². The molecular weight excluding hydrogens is 275 g/mol. The van der Waals surface area contributed by atoms with Crippen molar-refractivity contribution in [2.45, 2.75) is 0 Å². The first-order valence-electron chi connectivity index (χ1n) is 0.756. The molecule has 0 rings (SSSR count). The van der Waals surface area contributed by atoms with Crippen LogP contribution in [0.2, 0.25) is 0 Å². The number of halogens is 4. The maximum absolute atomic E-state index is 9.90. The summed E-state index contributed by atoms with van der Waals surface area (Å²) < 4.78 is 39.6. The Morgan fingerprint density at radius 1 is 0.500 bits per heavy atom. The quantitative estimate of drug-likeness (QED) is 0.332. The standard InChI is InChI=1S/4FH.5H2O.Sn/h4*1H;5*1H2;/q;;;;;;;;;+4/p-4. The van der Waals surface area contributed by atoms with E-state index in [1.54, 1.807) is 0 Å². The SMILES string of the molecule is O.O.O.O.O.[F][Sn]([F])([F])[F]. The van der Waals surface area contributed by atoms with Gasteiger partial charge in [0.05, 0.1) is 0 Å². The van der Waals surface area contributed by atoms with Crippen LogP contribution < -0.4 is 0 Å². The van der Waals surface area contributed by atoms with Gasteiger partial charge in [0.1, 0.15) is 0 Å². The van der Waals surface area contributed by atoms with Crippen molar-refractivity contribution in [3.8, 4) is 0 Å². The summed E-state index contributed by atoms with van der Waals surface area (Å²) in [5.41, 5.74) is 0. The molecule has 0 unspecified atom stereocenters. The molecule has 0 aliphatic rings. The Morgan fingerprint density at radius 3 is 0.500 bits per heavy atom. The van der Waals surface area contributed by atoms with Crippen LogP contribution in [0, 0.1) is 0 Å². The first-order valence-corrected chi connectivity index (χ1v) is 5.07. The molecule has 5 nitrogen and oxygen atoms in total. The van der Waals surface area contributed by atoms with Gasteiger partial charge >= 0.3 is 32.1 Å². The van der Waals surface area contributed by atoms with Crippen molar-refractivity contribution in [2.75, 3.05) is 0 Å². The fraction of sp³-hybridized carbons (Fsp3) is 0. The molecule has 0 radical (unpaired) electrons. The summed E-state index contributed by atoms with van der Waals surface area (Å²) in [6, 6.07) is 0. The third kappa shape index (κ3) is 4390. The Bertz CT molecular complexity index is 29.1. The third-order valence-corrected chi connectivity index (χ3v) is 0. The maximum atomic E-state index is 9.90. The van der Waals surface area contributed by atoms with E-state index in [0.717, 1.165) is 0 Å². The zero-order chi connectivity index (χ0) is 4.50. The van der Waals surface area contributed by atoms with Crippen molar-refractivity contribution < 1.29 is 38.8 Å². The summed E-state index contributed by atoms with van der Waals surface area (Å²) in [5, 5.41) is 0. The molecule has 0 saturated carbocycles. The fourth-order valence-corrected chi connectivity index (χ4v) is 0. The van der Waals surface area contributed by atoms with Gasteiger partial charge in [0.2, 0.25) is 0 Å². The molecule has 0 aliphatic carbocycles. The van der Waals surface area contributed by atoms with Gasteiger partial charge in [0, 0.05) is 0 Å². The normalized spacial score (nSPS) is 6.00. The van der Waals surface area contributed by atoms with Crippen LogP contribution in [0.3, 0.4) is 0 Å². The molecule has 0 aromatic heterocycles. The van der Waals surface area contributed by atoms with Crippen molar-refractivity contribution in [1.82, 2.24) is 0 Å². The zero-order valence-electron chi connectivity index (χ0n) is 4.51. The van der Waals surface area contributed by atoms with E-state index in [1.807, 2.05) is 0 Å². The molecule has 0 aromatic carbocycles. The number of hydrogen-bond acceptors (Lipinski definition) is 0. The van der Waals surface area contributed by atoms with Crippen molar-refractivity contribution in [3.05, 3.63) is 0 Å². The van der Waals surface area contributed by atoms with Gasteiger partial charge < -0.3 is 27.4 Å². The minimum absolute atomic E-state index is 0. The van der Waals surface area contributed by atoms with E-state index < -0.39 is 20.7 Å². The fourth-order valence-electron chi connectivity index (χ4n) is 0. The van der Waals surface area contributed by atoms with Gasteiger partial charge in [-0.3, -0.25) is 0 Å². The van der Waals surface area contributed by atoms with Crippen molar-refractivity contribution in [3.63, 3.8) is 0 Å². The van der Waals surface area contributed by atoms with Crippen LogP contribution in [0.5, 0.6) is 0 Å². The monoisotopic (exact) mass is 286 g/mol. The molecule has 0 bridgehead atoms. The van der Waals surface area contributed by atoms with Crippen molar-refractivity contribution >= 4 is 20.7 Å². The van der Waals surface area contributed by atoms with Crippen LogP contribution in [0.15, 0.2) is 0 Å². The molecule has 0 atom stereocenters. The molecular formula is H10F4O5Sn. The second-order valence-electron chi connectivity index (χ2n) is 0.429. The van der Waals surface area contributed by atoms with Gasteiger partial charge in [-0.2, -0.15) is 0 Å². The van der Waals surface area contributed by atoms with Gasteiger partial charge in [0.15, 0.2) is 0 Å². The van der Waals surface area contributed by atoms with E-state index in [-0.39, 0.29) is 27.4 Å². The molecule has 10 heteroatoms. The molecule has 0 aromatic rings. The first kappa shape index (κ1) is 48.0. The molecule has 10 heavy (non-hydrogen) atoms. The Labute approximate surface area is 60.2 Å². The molecule has 0 amide bonds. The van der Waals surface area contributed by atoms with Crippen LogP contribution >= 0.6 is 0 Å². The zero-order valence-corrected chi connectivity index (χ0v) is 7.37. The predicted octanol–water partition coefficient (Wildman–Crippen LogP) is -2.82. The van der Waals surface area contributed by atoms with E-state index in [4.69, 9.17) is 0 Å². The molecule has 0 saturated heterocycles. The van der Waals surface area contributed by atoms with Crippen LogP contribution in [0.1, 0.15) is 0 Å². The minimum atomic E-state index is -7.18. The van der Waals surface area contributed by atoms with E-state index >= 15 is 0 Å². The average molecular weight is 285 g/mol. The Hall–Kier alpha value is 0.319. The molecule has 0 fully saturated rings. The number of rotatable bonds is 0. The van der Waals surface area contributed by atoms with Crippen LogP contribution in [0.4, 0.5) is 11.5 Å². The van der Waals surface area contributed by atoms with Crippen molar-refractivity contribution in [2.24, 2.45) is 0 Å². The Balaban J connectivity index is -0.00000000800. The summed E-state index contributed by atoms with van der Waals surface area (Å²) in [6.45, 7) is 0. The van der Waals surface area contributed by atoms with Gasteiger partial charge in [0.25, 0.3) is 0 Å². The second-order valence-corrected chi connectivity index (χ2v) is 2.87. The molecule has 72 valence electrons. The Kier molecular flexibility index (Phi) is 77.6. The average Bonchev–Trinajstić information content (AvgIpc) is 0.722. The Morgan fingerprint density at radius 2 is 0.500 bits per heavy atom. The van der Waals surface area contributed by atoms with E-state index in [2.05, 4.69) is 0 Å². The van der Waals surface area contributed by atoms with E-state index in [1.165, 1.54) is 0 Å². The summed E-state index contributed by atoms with van der Waals surface area (Å²) in [7, 11) is 0. The van der Waals surface area contributed by atoms with Crippen LogP contribution in [-0.2, 0) is 0 Å². The van der Waals surface area contributed by atoms with Gasteiger partial charge in [-0.1, -0.05) is 0 Å². The van der Waals surface area contributed by atoms with Crippen LogP contribution in [0.25, 0.3) is 0 Å². The molecule has 10 N–H and O–H groups in total. The van der Waals surface area contributed by atoms with Crippen molar-refractivity contribution in [1.29, 1.82) is 0 Å². The number of hydrogen-bond donors (Lipinski definition) is 0. The van der Waals surface area contributed by atoms with Gasteiger partial charge in [-0.15, -0.1) is 0 Å². The second kappa shape index (κ2) is 16.2. The van der Waals surface area contributed by atoms with E-state index in [0.29, 0.717) is 0 Å². The van der Waals surface area contributed by atoms with Gasteiger partial charge in [-0.25, -0.2) is 0 Å². The molecule has 0 aliphatic heterocycles. The van der Waals surface area contributed by atoms with Gasteiger partial charge in [-0.05, 0) is 0 Å². The topological polar surface area (TPSA) is 158 Å².